The molecule has 0 bridgehead atoms. The quantitative estimate of drug-likeness (QED) is 0.707. The second-order valence-electron chi connectivity index (χ2n) is 5.22. The molecule has 2 N–H and O–H groups in total. The van der Waals surface area contributed by atoms with Crippen molar-refractivity contribution in [2.75, 3.05) is 6.54 Å². The lowest BCUT2D eigenvalue weighted by Gasteiger charge is -2.05. The molecule has 128 valence electrons. The lowest BCUT2D eigenvalue weighted by atomic mass is 10.2. The van der Waals surface area contributed by atoms with Gasteiger partial charge < -0.3 is 5.32 Å². The van der Waals surface area contributed by atoms with Gasteiger partial charge in [0.05, 0.1) is 10.6 Å². The number of nitrogens with zero attached hydrogens (tertiary/aromatic N) is 2. The molecule has 0 spiro atoms. The molecule has 2 aromatic carbocycles. The van der Waals surface area contributed by atoms with Crippen LogP contribution in [0.15, 0.2) is 42.5 Å². The predicted molar refractivity (Wildman–Crippen MR) is 94.3 cm³/mol. The summed E-state index contributed by atoms with van der Waals surface area (Å²) >= 11 is 11.5. The molecule has 0 aliphatic carbocycles. The first-order chi connectivity index (χ1) is 12.0. The number of hydrogen-bond donors (Lipinski definition) is 2. The third-order valence-electron chi connectivity index (χ3n) is 3.48. The van der Waals surface area contributed by atoms with Crippen molar-refractivity contribution in [3.8, 4) is 11.4 Å². The molecule has 0 unspecified atom stereocenters. The molecule has 0 fully saturated rings. The van der Waals surface area contributed by atoms with E-state index in [4.69, 9.17) is 23.2 Å². The van der Waals surface area contributed by atoms with Crippen LogP contribution in [0.5, 0.6) is 0 Å². The van der Waals surface area contributed by atoms with Gasteiger partial charge in [0.1, 0.15) is 5.82 Å². The minimum atomic E-state index is -0.730. The Hall–Kier alpha value is -2.44. The number of H-pyrrole nitrogens is 1. The van der Waals surface area contributed by atoms with Crippen molar-refractivity contribution in [1.82, 2.24) is 20.5 Å². The highest BCUT2D eigenvalue weighted by molar-refractivity contribution is 6.31. The zero-order chi connectivity index (χ0) is 17.8. The van der Waals surface area contributed by atoms with Crippen molar-refractivity contribution < 1.29 is 9.18 Å². The van der Waals surface area contributed by atoms with Gasteiger partial charge in [-0.3, -0.25) is 9.89 Å². The van der Waals surface area contributed by atoms with Crippen LogP contribution in [0, 0.1) is 5.82 Å². The molecule has 8 heteroatoms. The van der Waals surface area contributed by atoms with Crippen LogP contribution in [0.4, 0.5) is 4.39 Å². The van der Waals surface area contributed by atoms with Crippen molar-refractivity contribution in [1.29, 1.82) is 0 Å². The first-order valence-electron chi connectivity index (χ1n) is 7.44. The molecule has 1 amide bonds. The molecule has 3 rings (SSSR count). The van der Waals surface area contributed by atoms with E-state index in [2.05, 4.69) is 20.5 Å². The molecule has 0 aliphatic heterocycles. The summed E-state index contributed by atoms with van der Waals surface area (Å²) in [6, 6.07) is 11.4. The fourth-order valence-corrected chi connectivity index (χ4v) is 2.50. The number of benzene rings is 2. The van der Waals surface area contributed by atoms with E-state index < -0.39 is 11.7 Å². The topological polar surface area (TPSA) is 70.7 Å². The maximum Gasteiger partial charge on any atom is 0.254 e. The summed E-state index contributed by atoms with van der Waals surface area (Å²) in [5.41, 5.74) is 0.740. The monoisotopic (exact) mass is 378 g/mol. The van der Waals surface area contributed by atoms with Gasteiger partial charge in [-0.05, 0) is 36.4 Å². The number of carbonyl (C=O) groups excluding carboxylic acids is 1. The first-order valence-corrected chi connectivity index (χ1v) is 8.19. The third kappa shape index (κ3) is 4.15. The first kappa shape index (κ1) is 17.4. The average Bonchev–Trinajstić information content (AvgIpc) is 3.07. The van der Waals surface area contributed by atoms with Crippen molar-refractivity contribution in [3.63, 3.8) is 0 Å². The van der Waals surface area contributed by atoms with E-state index in [-0.39, 0.29) is 17.1 Å². The van der Waals surface area contributed by atoms with E-state index in [0.29, 0.717) is 23.1 Å². The van der Waals surface area contributed by atoms with Gasteiger partial charge in [-0.2, -0.15) is 5.10 Å². The molecule has 5 nitrogen and oxygen atoms in total. The van der Waals surface area contributed by atoms with E-state index in [0.717, 1.165) is 5.56 Å². The Morgan fingerprint density at radius 1 is 1.16 bits per heavy atom. The summed E-state index contributed by atoms with van der Waals surface area (Å²) in [5, 5.41) is 10.1. The second kappa shape index (κ2) is 7.63. The van der Waals surface area contributed by atoms with Crippen LogP contribution in [-0.2, 0) is 6.42 Å². The number of nitrogens with one attached hydrogen (secondary N) is 2. The van der Waals surface area contributed by atoms with Gasteiger partial charge in [-0.25, -0.2) is 9.37 Å². The largest absolute Gasteiger partial charge is 0.351 e. The Morgan fingerprint density at radius 3 is 2.68 bits per heavy atom. The minimum absolute atomic E-state index is 0.0875. The molecule has 3 aromatic rings. The molecule has 0 saturated carbocycles. The Kier molecular flexibility index (Phi) is 5.31. The smallest absolute Gasteiger partial charge is 0.254 e. The zero-order valence-corrected chi connectivity index (χ0v) is 14.4. The molecule has 1 aromatic heterocycles. The molecule has 0 aliphatic rings. The summed E-state index contributed by atoms with van der Waals surface area (Å²) < 4.78 is 13.8. The number of aromatic nitrogens is 3. The van der Waals surface area contributed by atoms with Crippen LogP contribution in [-0.4, -0.2) is 27.6 Å². The van der Waals surface area contributed by atoms with Crippen LogP contribution in [0.1, 0.15) is 16.2 Å². The fourth-order valence-electron chi connectivity index (χ4n) is 2.20. The van der Waals surface area contributed by atoms with E-state index in [1.54, 1.807) is 12.1 Å². The number of hydrogen-bond acceptors (Lipinski definition) is 3. The van der Waals surface area contributed by atoms with Crippen molar-refractivity contribution in [2.24, 2.45) is 0 Å². The highest BCUT2D eigenvalue weighted by Gasteiger charge is 2.14. The summed E-state index contributed by atoms with van der Waals surface area (Å²) in [4.78, 5) is 16.4. The lowest BCUT2D eigenvalue weighted by molar-refractivity contribution is 0.0950. The van der Waals surface area contributed by atoms with Gasteiger partial charge in [0.2, 0.25) is 0 Å². The number of amides is 1. The van der Waals surface area contributed by atoms with Crippen LogP contribution in [0.3, 0.4) is 0 Å². The van der Waals surface area contributed by atoms with Crippen LogP contribution < -0.4 is 5.32 Å². The maximum atomic E-state index is 13.8. The highest BCUT2D eigenvalue weighted by Crippen LogP contribution is 2.18. The summed E-state index contributed by atoms with van der Waals surface area (Å²) in [6.45, 7) is 0.278. The molecule has 0 saturated heterocycles. The average molecular weight is 379 g/mol. The van der Waals surface area contributed by atoms with E-state index in [1.807, 2.05) is 12.1 Å². The van der Waals surface area contributed by atoms with Crippen LogP contribution in [0.2, 0.25) is 10.0 Å². The van der Waals surface area contributed by atoms with Crippen molar-refractivity contribution >= 4 is 29.1 Å². The standard InChI is InChI=1S/C17H13Cl2FN4O/c18-11-6-4-10(5-7-11)16-22-14(23-24-16)8-9-21-17(25)12-2-1-3-13(19)15(12)20/h1-7H,8-9H2,(H,21,25)(H,22,23,24). The SMILES string of the molecule is O=C(NCCc1nc(-c2ccc(Cl)cc2)n[nH]1)c1cccc(Cl)c1F. The third-order valence-corrected chi connectivity index (χ3v) is 4.02. The Morgan fingerprint density at radius 2 is 1.92 bits per heavy atom. The summed E-state index contributed by atoms with van der Waals surface area (Å²) in [6.07, 6.45) is 0.425. The lowest BCUT2D eigenvalue weighted by Crippen LogP contribution is -2.26. The van der Waals surface area contributed by atoms with Crippen LogP contribution >= 0.6 is 23.2 Å². The number of rotatable bonds is 5. The van der Waals surface area contributed by atoms with E-state index in [9.17, 15) is 9.18 Å². The molecule has 25 heavy (non-hydrogen) atoms. The zero-order valence-electron chi connectivity index (χ0n) is 12.9. The molecule has 1 heterocycles. The van der Waals surface area contributed by atoms with Gasteiger partial charge >= 0.3 is 0 Å². The molecule has 0 radical (unpaired) electrons. The van der Waals surface area contributed by atoms with Crippen LogP contribution in [0.25, 0.3) is 11.4 Å². The predicted octanol–water partition coefficient (Wildman–Crippen LogP) is 3.89. The van der Waals surface area contributed by atoms with Crippen molar-refractivity contribution in [2.45, 2.75) is 6.42 Å². The number of aromatic amines is 1. The maximum absolute atomic E-state index is 13.8. The molecule has 0 atom stereocenters. The Labute approximate surface area is 153 Å². The number of carbonyl (C=O) groups is 1. The van der Waals surface area contributed by atoms with Gasteiger partial charge in [0.25, 0.3) is 5.91 Å². The second-order valence-corrected chi connectivity index (χ2v) is 6.06. The Balaban J connectivity index is 1.58. The number of halogens is 3. The highest BCUT2D eigenvalue weighted by atomic mass is 35.5. The fraction of sp³-hybridized carbons (Fsp3) is 0.118. The van der Waals surface area contributed by atoms with Gasteiger partial charge in [0.15, 0.2) is 11.6 Å². The summed E-state index contributed by atoms with van der Waals surface area (Å²) in [5.74, 6) is -0.112. The minimum Gasteiger partial charge on any atom is -0.351 e. The van der Waals surface area contributed by atoms with Gasteiger partial charge in [-0.15, -0.1) is 0 Å². The molecular weight excluding hydrogens is 366 g/mol. The Bertz CT molecular complexity index is 896. The van der Waals surface area contributed by atoms with Crippen molar-refractivity contribution in [3.05, 3.63) is 69.7 Å². The summed E-state index contributed by atoms with van der Waals surface area (Å²) in [7, 11) is 0. The molecular formula is C17H13Cl2FN4O. The van der Waals surface area contributed by atoms with Gasteiger partial charge in [-0.1, -0.05) is 29.3 Å². The van der Waals surface area contributed by atoms with E-state index in [1.165, 1.54) is 18.2 Å². The normalized spacial score (nSPS) is 10.7. The van der Waals surface area contributed by atoms with E-state index >= 15 is 0 Å². The van der Waals surface area contributed by atoms with Gasteiger partial charge in [0, 0.05) is 23.6 Å².